The van der Waals surface area contributed by atoms with Crippen LogP contribution in [0.1, 0.15) is 33.1 Å². The van der Waals surface area contributed by atoms with Crippen molar-refractivity contribution in [3.05, 3.63) is 24.3 Å². The van der Waals surface area contributed by atoms with Crippen molar-refractivity contribution in [2.24, 2.45) is 5.92 Å². The summed E-state index contributed by atoms with van der Waals surface area (Å²) < 4.78 is 0. The zero-order valence-electron chi connectivity index (χ0n) is 13.6. The van der Waals surface area contributed by atoms with E-state index < -0.39 is 0 Å². The van der Waals surface area contributed by atoms with E-state index in [4.69, 9.17) is 0 Å². The SMILES string of the molecule is CCCC(CC)CNc1nc(N(C)C)c2ccccc2n1. The van der Waals surface area contributed by atoms with E-state index in [2.05, 4.69) is 35.2 Å². The van der Waals surface area contributed by atoms with Gasteiger partial charge in [-0.1, -0.05) is 38.8 Å². The molecule has 0 saturated carbocycles. The van der Waals surface area contributed by atoms with Gasteiger partial charge in [0.2, 0.25) is 5.95 Å². The third-order valence-electron chi connectivity index (χ3n) is 3.83. The average Bonchev–Trinajstić information content (AvgIpc) is 2.50. The fourth-order valence-corrected chi connectivity index (χ4v) is 2.57. The van der Waals surface area contributed by atoms with Crippen LogP contribution in [0.2, 0.25) is 0 Å². The van der Waals surface area contributed by atoms with Gasteiger partial charge in [0.05, 0.1) is 5.52 Å². The molecule has 0 spiro atoms. The summed E-state index contributed by atoms with van der Waals surface area (Å²) in [6, 6.07) is 8.16. The average molecular weight is 286 g/mol. The molecule has 0 amide bonds. The standard InChI is InChI=1S/C17H26N4/c1-5-9-13(6-2)12-18-17-19-15-11-8-7-10-14(15)16(20-17)21(3)4/h7-8,10-11,13H,5-6,9,12H2,1-4H3,(H,18,19,20). The Bertz CT molecular complexity index is 580. The highest BCUT2D eigenvalue weighted by atomic mass is 15.2. The second-order valence-electron chi connectivity index (χ2n) is 5.73. The van der Waals surface area contributed by atoms with E-state index in [1.54, 1.807) is 0 Å². The van der Waals surface area contributed by atoms with Crippen LogP contribution in [0.25, 0.3) is 10.9 Å². The summed E-state index contributed by atoms with van der Waals surface area (Å²) in [6.07, 6.45) is 3.66. The maximum Gasteiger partial charge on any atom is 0.225 e. The van der Waals surface area contributed by atoms with Crippen molar-refractivity contribution in [2.75, 3.05) is 30.9 Å². The van der Waals surface area contributed by atoms with E-state index >= 15 is 0 Å². The second-order valence-corrected chi connectivity index (χ2v) is 5.73. The van der Waals surface area contributed by atoms with Crippen molar-refractivity contribution in [3.8, 4) is 0 Å². The molecule has 0 saturated heterocycles. The minimum atomic E-state index is 0.688. The van der Waals surface area contributed by atoms with Gasteiger partial charge in [-0.15, -0.1) is 0 Å². The Hall–Kier alpha value is -1.84. The molecule has 1 N–H and O–H groups in total. The summed E-state index contributed by atoms with van der Waals surface area (Å²) in [7, 11) is 4.04. The normalized spacial score (nSPS) is 12.4. The first-order chi connectivity index (χ1) is 10.2. The van der Waals surface area contributed by atoms with Gasteiger partial charge in [0, 0.05) is 26.0 Å². The molecule has 1 heterocycles. The number of hydrogen-bond acceptors (Lipinski definition) is 4. The van der Waals surface area contributed by atoms with Crippen molar-refractivity contribution in [2.45, 2.75) is 33.1 Å². The summed E-state index contributed by atoms with van der Waals surface area (Å²) in [4.78, 5) is 11.3. The minimum Gasteiger partial charge on any atom is -0.362 e. The second kappa shape index (κ2) is 7.25. The van der Waals surface area contributed by atoms with Gasteiger partial charge in [0.1, 0.15) is 5.82 Å². The van der Waals surface area contributed by atoms with Crippen LogP contribution in [0.4, 0.5) is 11.8 Å². The number of nitrogens with zero attached hydrogens (tertiary/aromatic N) is 3. The first-order valence-corrected chi connectivity index (χ1v) is 7.83. The lowest BCUT2D eigenvalue weighted by Crippen LogP contribution is -2.17. The molecule has 1 aromatic carbocycles. The molecular formula is C17H26N4. The molecule has 114 valence electrons. The first-order valence-electron chi connectivity index (χ1n) is 7.83. The number of fused-ring (bicyclic) bond motifs is 1. The zero-order chi connectivity index (χ0) is 15.2. The van der Waals surface area contributed by atoms with Crippen LogP contribution in [-0.2, 0) is 0 Å². The van der Waals surface area contributed by atoms with Crippen LogP contribution in [0.3, 0.4) is 0 Å². The van der Waals surface area contributed by atoms with Crippen molar-refractivity contribution in [1.29, 1.82) is 0 Å². The number of aromatic nitrogens is 2. The Kier molecular flexibility index (Phi) is 5.37. The highest BCUT2D eigenvalue weighted by Gasteiger charge is 2.10. The van der Waals surface area contributed by atoms with Gasteiger partial charge in [0.15, 0.2) is 0 Å². The Labute approximate surface area is 127 Å². The Morgan fingerprint density at radius 3 is 2.57 bits per heavy atom. The zero-order valence-corrected chi connectivity index (χ0v) is 13.6. The van der Waals surface area contributed by atoms with Gasteiger partial charge in [-0.2, -0.15) is 4.98 Å². The molecule has 0 bridgehead atoms. The summed E-state index contributed by atoms with van der Waals surface area (Å²) in [5, 5.41) is 4.51. The number of anilines is 2. The maximum atomic E-state index is 4.67. The van der Waals surface area contributed by atoms with E-state index in [0.717, 1.165) is 29.2 Å². The predicted octanol–water partition coefficient (Wildman–Crippen LogP) is 3.93. The van der Waals surface area contributed by atoms with Crippen LogP contribution in [0.5, 0.6) is 0 Å². The lowest BCUT2D eigenvalue weighted by Gasteiger charge is -2.18. The van der Waals surface area contributed by atoms with Gasteiger partial charge in [-0.3, -0.25) is 0 Å². The highest BCUT2D eigenvalue weighted by molar-refractivity contribution is 5.90. The lowest BCUT2D eigenvalue weighted by atomic mass is 10.0. The molecule has 21 heavy (non-hydrogen) atoms. The highest BCUT2D eigenvalue weighted by Crippen LogP contribution is 2.24. The van der Waals surface area contributed by atoms with Crippen molar-refractivity contribution in [1.82, 2.24) is 9.97 Å². The molecule has 4 heteroatoms. The molecule has 0 aliphatic heterocycles. The minimum absolute atomic E-state index is 0.688. The quantitative estimate of drug-likeness (QED) is 0.837. The van der Waals surface area contributed by atoms with Gasteiger partial charge < -0.3 is 10.2 Å². The smallest absolute Gasteiger partial charge is 0.225 e. The van der Waals surface area contributed by atoms with E-state index in [1.807, 2.05) is 37.2 Å². The molecule has 4 nitrogen and oxygen atoms in total. The van der Waals surface area contributed by atoms with E-state index in [-0.39, 0.29) is 0 Å². The van der Waals surface area contributed by atoms with E-state index in [0.29, 0.717) is 5.92 Å². The molecule has 1 aromatic heterocycles. The molecule has 1 unspecified atom stereocenters. The fourth-order valence-electron chi connectivity index (χ4n) is 2.57. The third kappa shape index (κ3) is 3.84. The van der Waals surface area contributed by atoms with Gasteiger partial charge >= 0.3 is 0 Å². The van der Waals surface area contributed by atoms with Crippen molar-refractivity contribution < 1.29 is 0 Å². The summed E-state index contributed by atoms with van der Waals surface area (Å²) in [5.74, 6) is 2.38. The summed E-state index contributed by atoms with van der Waals surface area (Å²) in [5.41, 5.74) is 0.988. The molecule has 0 aliphatic carbocycles. The maximum absolute atomic E-state index is 4.67. The number of para-hydroxylation sites is 1. The molecule has 2 rings (SSSR count). The number of hydrogen-bond donors (Lipinski definition) is 1. The number of rotatable bonds is 7. The van der Waals surface area contributed by atoms with E-state index in [9.17, 15) is 0 Å². The van der Waals surface area contributed by atoms with E-state index in [1.165, 1.54) is 19.3 Å². The molecule has 0 radical (unpaired) electrons. The van der Waals surface area contributed by atoms with Crippen LogP contribution < -0.4 is 10.2 Å². The topological polar surface area (TPSA) is 41.1 Å². The first kappa shape index (κ1) is 15.5. The Morgan fingerprint density at radius 1 is 1.14 bits per heavy atom. The van der Waals surface area contributed by atoms with Crippen LogP contribution >= 0.6 is 0 Å². The fraction of sp³-hybridized carbons (Fsp3) is 0.529. The molecule has 2 aromatic rings. The van der Waals surface area contributed by atoms with Gasteiger partial charge in [0.25, 0.3) is 0 Å². The van der Waals surface area contributed by atoms with Gasteiger partial charge in [-0.05, 0) is 24.5 Å². The van der Waals surface area contributed by atoms with Crippen molar-refractivity contribution in [3.63, 3.8) is 0 Å². The molecule has 0 aliphatic rings. The van der Waals surface area contributed by atoms with Gasteiger partial charge in [-0.25, -0.2) is 4.98 Å². The van der Waals surface area contributed by atoms with Crippen LogP contribution in [0, 0.1) is 5.92 Å². The summed E-state index contributed by atoms with van der Waals surface area (Å²) in [6.45, 7) is 5.42. The largest absolute Gasteiger partial charge is 0.362 e. The molecular weight excluding hydrogens is 260 g/mol. The predicted molar refractivity (Wildman–Crippen MR) is 91.0 cm³/mol. The number of benzene rings is 1. The Morgan fingerprint density at radius 2 is 1.90 bits per heavy atom. The number of nitrogens with one attached hydrogen (secondary N) is 1. The monoisotopic (exact) mass is 286 g/mol. The Balaban J connectivity index is 2.24. The summed E-state index contributed by atoms with van der Waals surface area (Å²) >= 11 is 0. The molecule has 0 fully saturated rings. The van der Waals surface area contributed by atoms with Crippen molar-refractivity contribution >= 4 is 22.7 Å². The van der Waals surface area contributed by atoms with Crippen LogP contribution in [0.15, 0.2) is 24.3 Å². The third-order valence-corrected chi connectivity index (χ3v) is 3.83. The van der Waals surface area contributed by atoms with Crippen LogP contribution in [-0.4, -0.2) is 30.6 Å². The molecule has 1 atom stereocenters. The lowest BCUT2D eigenvalue weighted by molar-refractivity contribution is 0.487.